The first kappa shape index (κ1) is 20.6. The van der Waals surface area contributed by atoms with E-state index in [9.17, 15) is 9.59 Å². The van der Waals surface area contributed by atoms with Gasteiger partial charge in [-0.2, -0.15) is 10.2 Å². The number of ether oxygens (including phenoxy) is 2. The molecule has 1 heterocycles. The summed E-state index contributed by atoms with van der Waals surface area (Å²) in [7, 11) is 0. The van der Waals surface area contributed by atoms with Crippen LogP contribution in [0, 0.1) is 0 Å². The van der Waals surface area contributed by atoms with E-state index in [0.717, 1.165) is 0 Å². The number of hydrogen-bond donors (Lipinski definition) is 3. The molecule has 0 aromatic heterocycles. The molecule has 0 bridgehead atoms. The highest BCUT2D eigenvalue weighted by molar-refractivity contribution is 5.81. The van der Waals surface area contributed by atoms with Crippen molar-refractivity contribution in [1.29, 1.82) is 0 Å². The Hall–Kier alpha value is -2.43. The molecule has 1 atom stereocenters. The van der Waals surface area contributed by atoms with Gasteiger partial charge in [0.1, 0.15) is 6.61 Å². The first-order valence-corrected chi connectivity index (χ1v) is 7.93. The fourth-order valence-corrected chi connectivity index (χ4v) is 1.79. The van der Waals surface area contributed by atoms with Gasteiger partial charge in [0, 0.05) is 31.0 Å². The third kappa shape index (κ3) is 10.1. The largest absolute Gasteiger partial charge is 0.447 e. The van der Waals surface area contributed by atoms with E-state index in [1.54, 1.807) is 6.92 Å². The number of nitrogens with two attached hydrogens (primary N) is 1. The zero-order valence-corrected chi connectivity index (χ0v) is 14.2. The molecule has 0 aliphatic carbocycles. The summed E-state index contributed by atoms with van der Waals surface area (Å²) in [6, 6.07) is -0.661. The molecule has 0 spiro atoms. The van der Waals surface area contributed by atoms with Crippen molar-refractivity contribution in [1.82, 2.24) is 10.6 Å². The van der Waals surface area contributed by atoms with Gasteiger partial charge in [0.05, 0.1) is 19.3 Å². The van der Waals surface area contributed by atoms with Crippen molar-refractivity contribution in [2.24, 2.45) is 21.1 Å². The summed E-state index contributed by atoms with van der Waals surface area (Å²) in [5.74, 6) is -0.279. The third-order valence-corrected chi connectivity index (χ3v) is 3.16. The molecule has 1 aliphatic rings. The lowest BCUT2D eigenvalue weighted by atomic mass is 10.1. The molecule has 12 heteroatoms. The summed E-state index contributed by atoms with van der Waals surface area (Å²) in [5.41, 5.74) is 13.3. The summed E-state index contributed by atoms with van der Waals surface area (Å²) in [5, 5.41) is 16.1. The van der Waals surface area contributed by atoms with E-state index in [2.05, 4.69) is 30.9 Å². The second kappa shape index (κ2) is 11.2. The smallest absolute Gasteiger partial charge is 0.407 e. The maximum absolute atomic E-state index is 11.7. The van der Waals surface area contributed by atoms with Gasteiger partial charge in [-0.3, -0.25) is 4.79 Å². The minimum Gasteiger partial charge on any atom is -0.447 e. The van der Waals surface area contributed by atoms with Crippen molar-refractivity contribution in [3.05, 3.63) is 10.4 Å². The monoisotopic (exact) mass is 356 g/mol. The molecule has 25 heavy (non-hydrogen) atoms. The van der Waals surface area contributed by atoms with Gasteiger partial charge in [-0.15, -0.1) is 0 Å². The molecule has 1 rings (SSSR count). The molecular weight excluding hydrogens is 332 g/mol. The van der Waals surface area contributed by atoms with Crippen LogP contribution in [0.25, 0.3) is 10.4 Å². The van der Waals surface area contributed by atoms with Gasteiger partial charge in [0.2, 0.25) is 5.91 Å². The minimum absolute atomic E-state index is 0.0943. The number of carbonyl (C=O) groups excluding carboxylic acids is 2. The molecule has 0 saturated heterocycles. The van der Waals surface area contributed by atoms with Crippen LogP contribution in [0.15, 0.2) is 15.3 Å². The molecule has 0 fully saturated rings. The van der Waals surface area contributed by atoms with E-state index in [1.165, 1.54) is 0 Å². The lowest BCUT2D eigenvalue weighted by Crippen LogP contribution is -2.43. The molecule has 0 saturated carbocycles. The van der Waals surface area contributed by atoms with Gasteiger partial charge in [0.25, 0.3) is 0 Å². The van der Waals surface area contributed by atoms with Gasteiger partial charge in [-0.1, -0.05) is 5.11 Å². The Balaban J connectivity index is 1.90. The summed E-state index contributed by atoms with van der Waals surface area (Å²) in [6.07, 6.45) is 0.359. The lowest BCUT2D eigenvalue weighted by molar-refractivity contribution is -0.122. The highest BCUT2D eigenvalue weighted by atomic mass is 16.6. The molecule has 140 valence electrons. The van der Waals surface area contributed by atoms with Crippen LogP contribution in [-0.4, -0.2) is 63.2 Å². The molecule has 2 amide bonds. The van der Waals surface area contributed by atoms with Gasteiger partial charge < -0.3 is 25.8 Å². The molecule has 0 aromatic carbocycles. The number of hydrogen-bond acceptors (Lipinski definition) is 8. The zero-order valence-electron chi connectivity index (χ0n) is 14.2. The van der Waals surface area contributed by atoms with Crippen LogP contribution in [0.3, 0.4) is 0 Å². The first-order chi connectivity index (χ1) is 12.0. The molecule has 0 radical (unpaired) electrons. The van der Waals surface area contributed by atoms with Gasteiger partial charge in [0.15, 0.2) is 5.66 Å². The van der Waals surface area contributed by atoms with Crippen molar-refractivity contribution in [2.75, 3.05) is 39.5 Å². The average molecular weight is 356 g/mol. The van der Waals surface area contributed by atoms with Crippen LogP contribution < -0.4 is 16.4 Å². The Morgan fingerprint density at radius 1 is 1.28 bits per heavy atom. The highest BCUT2D eigenvalue weighted by Gasteiger charge is 2.37. The van der Waals surface area contributed by atoms with Crippen LogP contribution >= 0.6 is 0 Å². The Morgan fingerprint density at radius 3 is 2.72 bits per heavy atom. The maximum Gasteiger partial charge on any atom is 0.407 e. The van der Waals surface area contributed by atoms with Crippen LogP contribution in [0.1, 0.15) is 19.8 Å². The number of nitrogens with zero attached hydrogens (tertiary/aromatic N) is 5. The van der Waals surface area contributed by atoms with E-state index < -0.39 is 17.8 Å². The van der Waals surface area contributed by atoms with Gasteiger partial charge in [-0.05, 0) is 18.9 Å². The Labute approximate surface area is 145 Å². The predicted molar refractivity (Wildman–Crippen MR) is 87.7 cm³/mol. The SMILES string of the molecule is CC1(C[C@H](N)C(=O)NCCOCCOC(=O)NCCCN=[N+]=[N-])N=N1. The van der Waals surface area contributed by atoms with Crippen LogP contribution in [0.5, 0.6) is 0 Å². The fourth-order valence-electron chi connectivity index (χ4n) is 1.79. The van der Waals surface area contributed by atoms with E-state index in [4.69, 9.17) is 20.7 Å². The average Bonchev–Trinajstić information content (AvgIpc) is 3.30. The third-order valence-electron chi connectivity index (χ3n) is 3.16. The summed E-state index contributed by atoms with van der Waals surface area (Å²) in [6.45, 7) is 3.38. The van der Waals surface area contributed by atoms with E-state index in [-0.39, 0.29) is 25.7 Å². The molecular formula is C13H24N8O4. The fraction of sp³-hybridized carbons (Fsp3) is 0.846. The topological polar surface area (TPSA) is 176 Å². The minimum atomic E-state index is -0.661. The van der Waals surface area contributed by atoms with Gasteiger partial charge in [-0.25, -0.2) is 4.79 Å². The van der Waals surface area contributed by atoms with Crippen LogP contribution in [0.2, 0.25) is 0 Å². The van der Waals surface area contributed by atoms with Crippen molar-refractivity contribution < 1.29 is 19.1 Å². The quantitative estimate of drug-likeness (QED) is 0.187. The first-order valence-electron chi connectivity index (χ1n) is 7.93. The lowest BCUT2D eigenvalue weighted by Gasteiger charge is -2.13. The Kier molecular flexibility index (Phi) is 9.22. The van der Waals surface area contributed by atoms with E-state index in [0.29, 0.717) is 32.5 Å². The summed E-state index contributed by atoms with van der Waals surface area (Å²) >= 11 is 0. The number of alkyl carbamates (subject to hydrolysis) is 1. The zero-order chi connectivity index (χ0) is 18.5. The maximum atomic E-state index is 11.7. The van der Waals surface area contributed by atoms with Crippen LogP contribution in [-0.2, 0) is 14.3 Å². The molecule has 12 nitrogen and oxygen atoms in total. The molecule has 0 aromatic rings. The second-order valence-electron chi connectivity index (χ2n) is 5.50. The van der Waals surface area contributed by atoms with Crippen molar-refractivity contribution in [3.63, 3.8) is 0 Å². The normalized spacial score (nSPS) is 15.0. The van der Waals surface area contributed by atoms with E-state index >= 15 is 0 Å². The standard InChI is InChI=1S/C13H24N8O4/c1-13(19-20-13)9-10(14)11(22)16-5-6-24-7-8-25-12(23)17-3-2-4-18-21-15/h10H,2-9,14H2,1H3,(H,16,22)(H,17,23)/t10-/m0/s1. The number of nitrogens with one attached hydrogen (secondary N) is 2. The Bertz CT molecular complexity index is 514. The number of azide groups is 1. The number of carbonyl (C=O) groups is 2. The van der Waals surface area contributed by atoms with Crippen LogP contribution in [0.4, 0.5) is 4.79 Å². The highest BCUT2D eigenvalue weighted by Crippen LogP contribution is 2.31. The number of rotatable bonds is 13. The Morgan fingerprint density at radius 2 is 2.04 bits per heavy atom. The molecule has 0 unspecified atom stereocenters. The molecule has 4 N–H and O–H groups in total. The predicted octanol–water partition coefficient (Wildman–Crippen LogP) is 0.445. The van der Waals surface area contributed by atoms with Crippen molar-refractivity contribution in [3.8, 4) is 0 Å². The summed E-state index contributed by atoms with van der Waals surface area (Å²) in [4.78, 5) is 25.6. The second-order valence-corrected chi connectivity index (χ2v) is 5.50. The number of amides is 2. The van der Waals surface area contributed by atoms with Gasteiger partial charge >= 0.3 is 6.09 Å². The van der Waals surface area contributed by atoms with Crippen molar-refractivity contribution in [2.45, 2.75) is 31.5 Å². The molecule has 1 aliphatic heterocycles. The van der Waals surface area contributed by atoms with Crippen molar-refractivity contribution >= 4 is 12.0 Å². The summed E-state index contributed by atoms with van der Waals surface area (Å²) < 4.78 is 10.1. The van der Waals surface area contributed by atoms with E-state index in [1.807, 2.05) is 0 Å².